The lowest BCUT2D eigenvalue weighted by atomic mass is 10.0. The third-order valence-corrected chi connectivity index (χ3v) is 4.68. The van der Waals surface area contributed by atoms with Gasteiger partial charge in [0.15, 0.2) is 0 Å². The maximum absolute atomic E-state index is 5.81. The molecule has 1 aromatic rings. The van der Waals surface area contributed by atoms with Crippen LogP contribution in [0.15, 0.2) is 4.47 Å². The highest BCUT2D eigenvalue weighted by atomic mass is 79.9. The Labute approximate surface area is 124 Å². The normalized spacial score (nSPS) is 19.8. The molecule has 4 nitrogen and oxygen atoms in total. The van der Waals surface area contributed by atoms with Gasteiger partial charge in [0.05, 0.1) is 22.5 Å². The lowest BCUT2D eigenvalue weighted by Crippen LogP contribution is -2.34. The van der Waals surface area contributed by atoms with Crippen LogP contribution in [0.5, 0.6) is 0 Å². The van der Waals surface area contributed by atoms with Gasteiger partial charge in [-0.15, -0.1) is 0 Å². The number of aryl methyl sites for hydroxylation is 2. The molecule has 1 atom stereocenters. The Hall–Kier alpha value is -0.390. The van der Waals surface area contributed by atoms with Crippen molar-refractivity contribution in [1.29, 1.82) is 0 Å². The maximum Gasteiger partial charge on any atom is 0.0896 e. The van der Waals surface area contributed by atoms with Crippen molar-refractivity contribution >= 4 is 15.9 Å². The van der Waals surface area contributed by atoms with Gasteiger partial charge in [0.2, 0.25) is 0 Å². The highest BCUT2D eigenvalue weighted by Gasteiger charge is 2.14. The number of nitrogens with zero attached hydrogens (tertiary/aromatic N) is 2. The molecule has 2 heterocycles. The molecule has 1 aromatic heterocycles. The number of aromatic nitrogens is 2. The number of hydrogen-bond donors (Lipinski definition) is 1. The zero-order valence-electron chi connectivity index (χ0n) is 11.9. The van der Waals surface area contributed by atoms with Gasteiger partial charge in [-0.25, -0.2) is 0 Å². The molecule has 0 amide bonds. The van der Waals surface area contributed by atoms with E-state index in [1.54, 1.807) is 0 Å². The van der Waals surface area contributed by atoms with E-state index in [2.05, 4.69) is 33.3 Å². The van der Waals surface area contributed by atoms with Crippen molar-refractivity contribution in [3.05, 3.63) is 15.9 Å². The molecule has 19 heavy (non-hydrogen) atoms. The van der Waals surface area contributed by atoms with Gasteiger partial charge in [-0.3, -0.25) is 4.68 Å². The fraction of sp³-hybridized carbons (Fsp3) is 0.786. The summed E-state index contributed by atoms with van der Waals surface area (Å²) < 4.78 is 8.83. The Kier molecular flexibility index (Phi) is 5.85. The van der Waals surface area contributed by atoms with Gasteiger partial charge in [0.25, 0.3) is 0 Å². The Morgan fingerprint density at radius 1 is 1.47 bits per heavy atom. The Bertz CT molecular complexity index is 400. The van der Waals surface area contributed by atoms with E-state index in [1.165, 1.54) is 19.3 Å². The number of piperidine rings is 1. The number of ether oxygens (including phenoxy) is 1. The number of hydrogen-bond acceptors (Lipinski definition) is 3. The summed E-state index contributed by atoms with van der Waals surface area (Å²) >= 11 is 3.62. The lowest BCUT2D eigenvalue weighted by molar-refractivity contribution is 0.103. The Morgan fingerprint density at radius 2 is 2.32 bits per heavy atom. The van der Waals surface area contributed by atoms with Gasteiger partial charge in [-0.2, -0.15) is 5.10 Å². The molecule has 1 aliphatic heterocycles. The molecule has 0 aliphatic carbocycles. The monoisotopic (exact) mass is 329 g/mol. The van der Waals surface area contributed by atoms with Crippen LogP contribution in [0.25, 0.3) is 0 Å². The maximum atomic E-state index is 5.81. The van der Waals surface area contributed by atoms with Gasteiger partial charge in [-0.05, 0) is 48.2 Å². The van der Waals surface area contributed by atoms with E-state index in [0.29, 0.717) is 12.6 Å². The molecule has 1 fully saturated rings. The van der Waals surface area contributed by atoms with Crippen molar-refractivity contribution in [2.75, 3.05) is 13.2 Å². The summed E-state index contributed by atoms with van der Waals surface area (Å²) in [4.78, 5) is 0. The summed E-state index contributed by atoms with van der Waals surface area (Å²) in [5.74, 6) is 0. The fourth-order valence-corrected chi connectivity index (χ4v) is 3.27. The first kappa shape index (κ1) is 15.0. The molecule has 0 spiro atoms. The van der Waals surface area contributed by atoms with Crippen LogP contribution in [0, 0.1) is 0 Å². The molecule has 1 unspecified atom stereocenters. The van der Waals surface area contributed by atoms with Crippen molar-refractivity contribution < 1.29 is 4.74 Å². The van der Waals surface area contributed by atoms with Gasteiger partial charge < -0.3 is 10.1 Å². The van der Waals surface area contributed by atoms with E-state index in [9.17, 15) is 0 Å². The van der Waals surface area contributed by atoms with Crippen LogP contribution >= 0.6 is 15.9 Å². The van der Waals surface area contributed by atoms with Crippen molar-refractivity contribution in [2.24, 2.45) is 7.05 Å². The zero-order chi connectivity index (χ0) is 13.7. The summed E-state index contributed by atoms with van der Waals surface area (Å²) in [6, 6.07) is 0.648. The molecule has 0 saturated carbocycles. The van der Waals surface area contributed by atoms with Gasteiger partial charge in [0.1, 0.15) is 0 Å². The summed E-state index contributed by atoms with van der Waals surface area (Å²) in [6.07, 6.45) is 6.01. The first-order chi connectivity index (χ1) is 9.22. The van der Waals surface area contributed by atoms with Crippen molar-refractivity contribution in [3.8, 4) is 0 Å². The third-order valence-electron chi connectivity index (χ3n) is 3.76. The first-order valence-corrected chi connectivity index (χ1v) is 8.03. The second-order valence-corrected chi connectivity index (χ2v) is 5.97. The second kappa shape index (κ2) is 7.41. The number of nitrogens with one attached hydrogen (secondary N) is 1. The van der Waals surface area contributed by atoms with E-state index in [4.69, 9.17) is 4.74 Å². The highest BCUT2D eigenvalue weighted by Crippen LogP contribution is 2.22. The van der Waals surface area contributed by atoms with Gasteiger partial charge in [0, 0.05) is 19.7 Å². The molecule has 108 valence electrons. The van der Waals surface area contributed by atoms with Crippen LogP contribution in [0.2, 0.25) is 0 Å². The van der Waals surface area contributed by atoms with E-state index in [0.717, 1.165) is 41.9 Å². The molecule has 0 bridgehead atoms. The molecule has 0 aromatic carbocycles. The average Bonchev–Trinajstić information content (AvgIpc) is 2.71. The van der Waals surface area contributed by atoms with Crippen LogP contribution in [0.4, 0.5) is 0 Å². The quantitative estimate of drug-likeness (QED) is 0.815. The lowest BCUT2D eigenvalue weighted by Gasteiger charge is -2.23. The second-order valence-electron chi connectivity index (χ2n) is 5.17. The fourth-order valence-electron chi connectivity index (χ4n) is 2.54. The van der Waals surface area contributed by atoms with Crippen LogP contribution in [-0.4, -0.2) is 29.0 Å². The molecule has 1 N–H and O–H groups in total. The van der Waals surface area contributed by atoms with E-state index >= 15 is 0 Å². The standard InChI is InChI=1S/C14H24BrN3O/c1-3-12-14(15)13(18(2)17-12)10-19-9-7-11-6-4-5-8-16-11/h11,16H,3-10H2,1-2H3. The molecule has 1 aliphatic rings. The zero-order valence-corrected chi connectivity index (χ0v) is 13.5. The predicted octanol–water partition coefficient (Wildman–Crippen LogP) is 2.79. The smallest absolute Gasteiger partial charge is 0.0896 e. The van der Waals surface area contributed by atoms with Crippen molar-refractivity contribution in [3.63, 3.8) is 0 Å². The minimum absolute atomic E-state index is 0.636. The van der Waals surface area contributed by atoms with Crippen molar-refractivity contribution in [2.45, 2.75) is 51.7 Å². The van der Waals surface area contributed by atoms with Crippen LogP contribution in [0.3, 0.4) is 0 Å². The summed E-state index contributed by atoms with van der Waals surface area (Å²) in [5.41, 5.74) is 2.24. The van der Waals surface area contributed by atoms with E-state index in [-0.39, 0.29) is 0 Å². The highest BCUT2D eigenvalue weighted by molar-refractivity contribution is 9.10. The largest absolute Gasteiger partial charge is 0.375 e. The third kappa shape index (κ3) is 4.04. The van der Waals surface area contributed by atoms with Gasteiger partial charge in [-0.1, -0.05) is 13.3 Å². The Morgan fingerprint density at radius 3 is 2.95 bits per heavy atom. The molecule has 2 rings (SSSR count). The van der Waals surface area contributed by atoms with Crippen LogP contribution < -0.4 is 5.32 Å². The minimum Gasteiger partial charge on any atom is -0.375 e. The van der Waals surface area contributed by atoms with Crippen LogP contribution in [0.1, 0.15) is 44.0 Å². The van der Waals surface area contributed by atoms with E-state index in [1.807, 2.05) is 11.7 Å². The molecule has 1 saturated heterocycles. The molecular formula is C14H24BrN3O. The number of halogens is 1. The summed E-state index contributed by atoms with van der Waals surface area (Å²) in [6.45, 7) is 4.73. The Balaban J connectivity index is 1.74. The summed E-state index contributed by atoms with van der Waals surface area (Å²) in [5, 5.41) is 8.02. The molecular weight excluding hydrogens is 306 g/mol. The SMILES string of the molecule is CCc1nn(C)c(COCCC2CCCCN2)c1Br. The first-order valence-electron chi connectivity index (χ1n) is 7.23. The summed E-state index contributed by atoms with van der Waals surface area (Å²) in [7, 11) is 1.98. The molecule has 5 heteroatoms. The minimum atomic E-state index is 0.636. The van der Waals surface area contributed by atoms with Gasteiger partial charge >= 0.3 is 0 Å². The molecule has 0 radical (unpaired) electrons. The van der Waals surface area contributed by atoms with E-state index < -0.39 is 0 Å². The topological polar surface area (TPSA) is 39.1 Å². The predicted molar refractivity (Wildman–Crippen MR) is 80.2 cm³/mol. The average molecular weight is 330 g/mol. The number of rotatable bonds is 6. The van der Waals surface area contributed by atoms with Crippen molar-refractivity contribution in [1.82, 2.24) is 15.1 Å². The van der Waals surface area contributed by atoms with Crippen LogP contribution in [-0.2, 0) is 24.8 Å².